The summed E-state index contributed by atoms with van der Waals surface area (Å²) in [5.41, 5.74) is 5.04. The Morgan fingerprint density at radius 3 is 2.96 bits per heavy atom. The topological polar surface area (TPSA) is 107 Å². The van der Waals surface area contributed by atoms with E-state index in [0.29, 0.717) is 29.3 Å². The molecule has 28 heavy (non-hydrogen) atoms. The summed E-state index contributed by atoms with van der Waals surface area (Å²) >= 11 is 6.45. The van der Waals surface area contributed by atoms with Crippen molar-refractivity contribution in [3.63, 3.8) is 0 Å². The summed E-state index contributed by atoms with van der Waals surface area (Å²) < 4.78 is 0. The third-order valence-corrected chi connectivity index (χ3v) is 5.32. The molecule has 0 amide bonds. The average Bonchev–Trinajstić information content (AvgIpc) is 3.25. The van der Waals surface area contributed by atoms with Gasteiger partial charge in [0.25, 0.3) is 0 Å². The second kappa shape index (κ2) is 6.79. The van der Waals surface area contributed by atoms with Gasteiger partial charge in [-0.2, -0.15) is 10.1 Å². The van der Waals surface area contributed by atoms with Crippen LogP contribution in [0.4, 0.5) is 17.6 Å². The van der Waals surface area contributed by atoms with Gasteiger partial charge in [-0.15, -0.1) is 0 Å². The summed E-state index contributed by atoms with van der Waals surface area (Å²) in [6.45, 7) is 2.52. The van der Waals surface area contributed by atoms with Crippen molar-refractivity contribution in [3.05, 3.63) is 52.6 Å². The van der Waals surface area contributed by atoms with Crippen molar-refractivity contribution in [1.29, 1.82) is 0 Å². The molecule has 3 aromatic heterocycles. The second-order valence-electron chi connectivity index (χ2n) is 6.99. The van der Waals surface area contributed by atoms with E-state index in [1.807, 2.05) is 25.1 Å². The Bertz CT molecular complexity index is 1140. The lowest BCUT2D eigenvalue weighted by Crippen LogP contribution is -2.07. The van der Waals surface area contributed by atoms with Gasteiger partial charge in [0.2, 0.25) is 5.95 Å². The van der Waals surface area contributed by atoms with E-state index < -0.39 is 0 Å². The zero-order chi connectivity index (χ0) is 19.1. The van der Waals surface area contributed by atoms with Crippen molar-refractivity contribution >= 4 is 40.2 Å². The maximum atomic E-state index is 6.45. The minimum atomic E-state index is 0.505. The van der Waals surface area contributed by atoms with Crippen molar-refractivity contribution in [2.45, 2.75) is 32.2 Å². The lowest BCUT2D eigenvalue weighted by Gasteiger charge is -2.11. The number of nitrogens with zero attached hydrogens (tertiary/aromatic N) is 4. The van der Waals surface area contributed by atoms with Gasteiger partial charge in [0.15, 0.2) is 5.82 Å². The molecule has 1 aliphatic carbocycles. The van der Waals surface area contributed by atoms with E-state index in [0.717, 1.165) is 28.0 Å². The number of rotatable bonds is 6. The fourth-order valence-corrected chi connectivity index (χ4v) is 3.60. The van der Waals surface area contributed by atoms with Gasteiger partial charge >= 0.3 is 0 Å². The van der Waals surface area contributed by atoms with Crippen molar-refractivity contribution in [3.8, 4) is 0 Å². The van der Waals surface area contributed by atoms with E-state index in [1.54, 1.807) is 12.5 Å². The Hall–Kier alpha value is -3.13. The third-order valence-electron chi connectivity index (χ3n) is 4.99. The number of anilines is 3. The first-order valence-electron chi connectivity index (χ1n) is 9.17. The van der Waals surface area contributed by atoms with Gasteiger partial charge in [0, 0.05) is 35.4 Å². The summed E-state index contributed by atoms with van der Waals surface area (Å²) in [7, 11) is 0. The van der Waals surface area contributed by atoms with E-state index in [-0.39, 0.29) is 0 Å². The number of aryl methyl sites for hydroxylation is 1. The number of aromatic nitrogens is 6. The zero-order valence-electron chi connectivity index (χ0n) is 15.3. The summed E-state index contributed by atoms with van der Waals surface area (Å²) in [5, 5.41) is 14.5. The van der Waals surface area contributed by atoms with Crippen LogP contribution in [0.2, 0.25) is 5.02 Å². The molecule has 1 saturated carbocycles. The summed E-state index contributed by atoms with van der Waals surface area (Å²) in [6, 6.07) is 5.74. The van der Waals surface area contributed by atoms with Crippen LogP contribution in [0.5, 0.6) is 0 Å². The van der Waals surface area contributed by atoms with Gasteiger partial charge in [-0.3, -0.25) is 5.10 Å². The molecule has 0 atom stereocenters. The Kier molecular flexibility index (Phi) is 4.12. The lowest BCUT2D eigenvalue weighted by molar-refractivity contribution is 0.966. The average molecular weight is 395 g/mol. The van der Waals surface area contributed by atoms with Crippen LogP contribution in [-0.4, -0.2) is 30.1 Å². The monoisotopic (exact) mass is 394 g/mol. The molecule has 5 rings (SSSR count). The Morgan fingerprint density at radius 2 is 2.11 bits per heavy atom. The molecular weight excluding hydrogens is 376 g/mol. The Morgan fingerprint density at radius 1 is 1.21 bits per heavy atom. The van der Waals surface area contributed by atoms with Crippen molar-refractivity contribution in [1.82, 2.24) is 30.1 Å². The van der Waals surface area contributed by atoms with Gasteiger partial charge in [-0.05, 0) is 43.0 Å². The molecule has 142 valence electrons. The number of hydrogen-bond acceptors (Lipinski definition) is 6. The summed E-state index contributed by atoms with van der Waals surface area (Å²) in [5.74, 6) is 2.58. The van der Waals surface area contributed by atoms with E-state index in [1.165, 1.54) is 18.5 Å². The van der Waals surface area contributed by atoms with Gasteiger partial charge in [-0.1, -0.05) is 11.6 Å². The fraction of sp³-hybridized carbons (Fsp3) is 0.263. The fourth-order valence-electron chi connectivity index (χ4n) is 3.28. The molecule has 0 unspecified atom stereocenters. The zero-order valence-corrected chi connectivity index (χ0v) is 16.0. The standard InChI is InChI=1S/C19H19ClN8/c1-10-12(13(20)6-15-18(10)24-9-23-15)8-22-19-21-5-4-16(26-19)25-17-7-14(27-28-17)11-2-3-11/h4-7,9,11H,2-3,8H2,1H3,(H,23,24)(H3,21,22,25,26,27,28). The van der Waals surface area contributed by atoms with Crippen LogP contribution < -0.4 is 10.6 Å². The number of imidazole rings is 1. The number of aromatic amines is 2. The van der Waals surface area contributed by atoms with Crippen LogP contribution in [0.15, 0.2) is 30.7 Å². The van der Waals surface area contributed by atoms with Crippen molar-refractivity contribution < 1.29 is 0 Å². The Balaban J connectivity index is 1.31. The third kappa shape index (κ3) is 3.27. The van der Waals surface area contributed by atoms with E-state index in [2.05, 4.69) is 40.8 Å². The maximum Gasteiger partial charge on any atom is 0.224 e. The normalized spacial score (nSPS) is 13.8. The molecule has 0 bridgehead atoms. The van der Waals surface area contributed by atoms with Gasteiger partial charge in [-0.25, -0.2) is 9.97 Å². The molecule has 0 saturated heterocycles. The van der Waals surface area contributed by atoms with Crippen molar-refractivity contribution in [2.75, 3.05) is 10.6 Å². The molecule has 1 fully saturated rings. The number of hydrogen-bond donors (Lipinski definition) is 4. The lowest BCUT2D eigenvalue weighted by atomic mass is 10.1. The molecule has 9 heteroatoms. The second-order valence-corrected chi connectivity index (χ2v) is 7.39. The van der Waals surface area contributed by atoms with Crippen LogP contribution in [0, 0.1) is 6.92 Å². The first-order valence-corrected chi connectivity index (χ1v) is 9.55. The molecule has 8 nitrogen and oxygen atoms in total. The van der Waals surface area contributed by atoms with Gasteiger partial charge in [0.05, 0.1) is 17.4 Å². The SMILES string of the molecule is Cc1c(CNc2nccc(Nc3cc(C4CC4)[nH]n3)n2)c(Cl)cc2[nH]cnc12. The number of fused-ring (bicyclic) bond motifs is 1. The minimum absolute atomic E-state index is 0.505. The van der Waals surface area contributed by atoms with E-state index >= 15 is 0 Å². The number of H-pyrrole nitrogens is 2. The molecule has 1 aliphatic rings. The predicted octanol–water partition coefficient (Wildman–Crippen LogP) is 4.27. The summed E-state index contributed by atoms with van der Waals surface area (Å²) in [4.78, 5) is 16.3. The Labute approximate surface area is 166 Å². The van der Waals surface area contributed by atoms with Gasteiger partial charge in [0.1, 0.15) is 5.82 Å². The highest BCUT2D eigenvalue weighted by Crippen LogP contribution is 2.39. The maximum absolute atomic E-state index is 6.45. The quantitative estimate of drug-likeness (QED) is 0.389. The van der Waals surface area contributed by atoms with E-state index in [4.69, 9.17) is 11.6 Å². The first-order chi connectivity index (χ1) is 13.7. The largest absolute Gasteiger partial charge is 0.350 e. The van der Waals surface area contributed by atoms with Crippen LogP contribution in [0.3, 0.4) is 0 Å². The van der Waals surface area contributed by atoms with Crippen LogP contribution in [-0.2, 0) is 6.54 Å². The molecule has 0 aliphatic heterocycles. The van der Waals surface area contributed by atoms with Crippen LogP contribution in [0.1, 0.15) is 35.6 Å². The minimum Gasteiger partial charge on any atom is -0.350 e. The molecule has 1 aromatic carbocycles. The highest BCUT2D eigenvalue weighted by atomic mass is 35.5. The predicted molar refractivity (Wildman–Crippen MR) is 109 cm³/mol. The summed E-state index contributed by atoms with van der Waals surface area (Å²) in [6.07, 6.45) is 5.84. The highest BCUT2D eigenvalue weighted by Gasteiger charge is 2.25. The molecule has 4 N–H and O–H groups in total. The number of nitrogens with one attached hydrogen (secondary N) is 4. The first kappa shape index (κ1) is 17.0. The highest BCUT2D eigenvalue weighted by molar-refractivity contribution is 6.32. The van der Waals surface area contributed by atoms with E-state index in [9.17, 15) is 0 Å². The molecule has 3 heterocycles. The molecule has 4 aromatic rings. The number of benzene rings is 1. The smallest absolute Gasteiger partial charge is 0.224 e. The molecule has 0 radical (unpaired) electrons. The molecule has 0 spiro atoms. The molecular formula is C19H19ClN8. The number of halogens is 1. The van der Waals surface area contributed by atoms with Crippen LogP contribution >= 0.6 is 11.6 Å². The van der Waals surface area contributed by atoms with Crippen LogP contribution in [0.25, 0.3) is 11.0 Å². The van der Waals surface area contributed by atoms with Crippen molar-refractivity contribution in [2.24, 2.45) is 0 Å². The van der Waals surface area contributed by atoms with Gasteiger partial charge < -0.3 is 15.6 Å².